The molecule has 1 aromatic rings. The fourth-order valence-electron chi connectivity index (χ4n) is 1.38. The van der Waals surface area contributed by atoms with Crippen LogP contribution in [0.2, 0.25) is 0 Å². The van der Waals surface area contributed by atoms with Crippen molar-refractivity contribution in [3.05, 3.63) is 17.0 Å². The van der Waals surface area contributed by atoms with Crippen LogP contribution < -0.4 is 5.73 Å². The van der Waals surface area contributed by atoms with Gasteiger partial charge in [0, 0.05) is 11.4 Å². The lowest BCUT2D eigenvalue weighted by Crippen LogP contribution is -2.42. The number of carbonyl (C=O) groups excluding carboxylic acids is 1. The number of nitrogens with zero attached hydrogens (tertiary/aromatic N) is 1. The third kappa shape index (κ3) is 3.52. The Kier molecular flexibility index (Phi) is 4.66. The normalized spacial score (nSPS) is 12.0. The first kappa shape index (κ1) is 15.6. The molecule has 0 saturated carbocycles. The minimum atomic E-state index is -3.92. The zero-order valence-electron chi connectivity index (χ0n) is 10.4. The lowest BCUT2D eigenvalue weighted by atomic mass is 10.4. The van der Waals surface area contributed by atoms with E-state index in [9.17, 15) is 18.0 Å². The third-order valence-corrected chi connectivity index (χ3v) is 5.71. The predicted octanol–water partition coefficient (Wildman–Crippen LogP) is 0.331. The van der Waals surface area contributed by atoms with Gasteiger partial charge in [-0.3, -0.25) is 4.79 Å². The van der Waals surface area contributed by atoms with Crippen molar-refractivity contribution < 1.29 is 23.1 Å². The Morgan fingerprint density at radius 1 is 1.47 bits per heavy atom. The molecular formula is C10H14N2O5S2. The Morgan fingerprint density at radius 3 is 2.42 bits per heavy atom. The van der Waals surface area contributed by atoms with Gasteiger partial charge in [0.1, 0.15) is 4.21 Å². The Balaban J connectivity index is 3.18. The minimum Gasteiger partial charge on any atom is -0.478 e. The Morgan fingerprint density at radius 2 is 2.05 bits per heavy atom. The van der Waals surface area contributed by atoms with Crippen LogP contribution in [-0.2, 0) is 14.8 Å². The van der Waals surface area contributed by atoms with Gasteiger partial charge in [0.25, 0.3) is 10.0 Å². The predicted molar refractivity (Wildman–Crippen MR) is 69.5 cm³/mol. The summed E-state index contributed by atoms with van der Waals surface area (Å²) in [6, 6.07) is 0.603. The summed E-state index contributed by atoms with van der Waals surface area (Å²) in [7, 11) is -3.92. The first-order chi connectivity index (χ1) is 8.66. The van der Waals surface area contributed by atoms with Gasteiger partial charge in [0.2, 0.25) is 5.91 Å². The molecule has 1 amide bonds. The number of hydrogen-bond donors (Lipinski definition) is 2. The number of amides is 1. The number of carbonyl (C=O) groups is 2. The van der Waals surface area contributed by atoms with Gasteiger partial charge in [-0.2, -0.15) is 4.31 Å². The van der Waals surface area contributed by atoms with Crippen molar-refractivity contribution in [2.75, 3.05) is 6.54 Å². The molecule has 9 heteroatoms. The molecular weight excluding hydrogens is 292 g/mol. The highest BCUT2D eigenvalue weighted by Gasteiger charge is 2.30. The maximum Gasteiger partial charge on any atom is 0.336 e. The lowest BCUT2D eigenvalue weighted by Gasteiger charge is -2.23. The molecule has 0 radical (unpaired) electrons. The summed E-state index contributed by atoms with van der Waals surface area (Å²) in [5.74, 6) is -1.98. The Hall–Kier alpha value is -1.45. The van der Waals surface area contributed by atoms with Crippen LogP contribution in [0.15, 0.2) is 15.7 Å². The Labute approximate surface area is 114 Å². The van der Waals surface area contributed by atoms with Gasteiger partial charge in [0.05, 0.1) is 12.1 Å². The third-order valence-electron chi connectivity index (χ3n) is 2.27. The van der Waals surface area contributed by atoms with Gasteiger partial charge in [0.15, 0.2) is 0 Å². The van der Waals surface area contributed by atoms with Gasteiger partial charge < -0.3 is 10.8 Å². The van der Waals surface area contributed by atoms with Crippen molar-refractivity contribution in [2.24, 2.45) is 5.73 Å². The molecule has 0 bridgehead atoms. The SMILES string of the molecule is CC(C)N(CC(N)=O)S(=O)(=O)c1cc(C(=O)O)cs1. The molecule has 0 aliphatic rings. The highest BCUT2D eigenvalue weighted by Crippen LogP contribution is 2.25. The van der Waals surface area contributed by atoms with E-state index in [0.29, 0.717) is 0 Å². The monoisotopic (exact) mass is 306 g/mol. The van der Waals surface area contributed by atoms with Gasteiger partial charge >= 0.3 is 5.97 Å². The summed E-state index contributed by atoms with van der Waals surface area (Å²) < 4.78 is 25.4. The van der Waals surface area contributed by atoms with Crippen LogP contribution in [0.5, 0.6) is 0 Å². The molecule has 1 heterocycles. The number of carboxylic acid groups (broad SMARTS) is 1. The summed E-state index contributed by atoms with van der Waals surface area (Å²) in [6.07, 6.45) is 0. The second kappa shape index (κ2) is 5.68. The fourth-order valence-corrected chi connectivity index (χ4v) is 4.26. The number of carboxylic acids is 1. The first-order valence-electron chi connectivity index (χ1n) is 5.28. The summed E-state index contributed by atoms with van der Waals surface area (Å²) >= 11 is 0.795. The smallest absolute Gasteiger partial charge is 0.336 e. The second-order valence-electron chi connectivity index (χ2n) is 4.07. The van der Waals surface area contributed by atoms with Crippen LogP contribution in [0.25, 0.3) is 0 Å². The number of primary amides is 1. The van der Waals surface area contributed by atoms with Gasteiger partial charge in [-0.05, 0) is 19.9 Å². The van der Waals surface area contributed by atoms with Gasteiger partial charge in [-0.15, -0.1) is 11.3 Å². The highest BCUT2D eigenvalue weighted by atomic mass is 32.2. The second-order valence-corrected chi connectivity index (χ2v) is 7.10. The quantitative estimate of drug-likeness (QED) is 0.785. The number of sulfonamides is 1. The molecule has 0 unspecified atom stereocenters. The van der Waals surface area contributed by atoms with Crippen LogP contribution >= 0.6 is 11.3 Å². The summed E-state index contributed by atoms with van der Waals surface area (Å²) in [4.78, 5) is 21.7. The molecule has 106 valence electrons. The fraction of sp³-hybridized carbons (Fsp3) is 0.400. The zero-order valence-corrected chi connectivity index (χ0v) is 12.0. The molecule has 3 N–H and O–H groups in total. The van der Waals surface area contributed by atoms with E-state index in [1.807, 2.05) is 0 Å². The first-order valence-corrected chi connectivity index (χ1v) is 7.60. The van der Waals surface area contributed by atoms with Crippen LogP contribution in [0, 0.1) is 0 Å². The highest BCUT2D eigenvalue weighted by molar-refractivity contribution is 7.91. The van der Waals surface area contributed by atoms with Crippen molar-refractivity contribution >= 4 is 33.2 Å². The van der Waals surface area contributed by atoms with Crippen LogP contribution in [0.1, 0.15) is 24.2 Å². The zero-order chi connectivity index (χ0) is 14.8. The lowest BCUT2D eigenvalue weighted by molar-refractivity contribution is -0.118. The molecule has 0 saturated heterocycles. The van der Waals surface area contributed by atoms with Crippen LogP contribution in [0.3, 0.4) is 0 Å². The van der Waals surface area contributed by atoms with Crippen LogP contribution in [-0.4, -0.2) is 42.3 Å². The van der Waals surface area contributed by atoms with E-state index in [0.717, 1.165) is 21.7 Å². The number of thiophene rings is 1. The van der Waals surface area contributed by atoms with E-state index in [1.54, 1.807) is 13.8 Å². The summed E-state index contributed by atoms with van der Waals surface area (Å²) in [5, 5.41) is 10.0. The average molecular weight is 306 g/mol. The molecule has 0 fully saturated rings. The Bertz CT molecular complexity index is 591. The largest absolute Gasteiger partial charge is 0.478 e. The number of nitrogens with two attached hydrogens (primary N) is 1. The average Bonchev–Trinajstić information content (AvgIpc) is 2.74. The molecule has 0 aliphatic heterocycles. The molecule has 7 nitrogen and oxygen atoms in total. The van der Waals surface area contributed by atoms with Gasteiger partial charge in [-0.25, -0.2) is 13.2 Å². The maximum atomic E-state index is 12.3. The topological polar surface area (TPSA) is 118 Å². The van der Waals surface area contributed by atoms with Crippen molar-refractivity contribution in [2.45, 2.75) is 24.1 Å². The van der Waals surface area contributed by atoms with E-state index >= 15 is 0 Å². The molecule has 1 aromatic heterocycles. The summed E-state index contributed by atoms with van der Waals surface area (Å²) in [6.45, 7) is 2.76. The number of hydrogen-bond acceptors (Lipinski definition) is 5. The van der Waals surface area contributed by atoms with Gasteiger partial charge in [-0.1, -0.05) is 0 Å². The molecule has 0 spiro atoms. The van der Waals surface area contributed by atoms with E-state index in [1.165, 1.54) is 5.38 Å². The molecule has 0 atom stereocenters. The number of aromatic carboxylic acids is 1. The summed E-state index contributed by atoms with van der Waals surface area (Å²) in [5.41, 5.74) is 4.92. The number of rotatable bonds is 6. The van der Waals surface area contributed by atoms with Crippen molar-refractivity contribution in [3.63, 3.8) is 0 Å². The van der Waals surface area contributed by atoms with E-state index in [4.69, 9.17) is 10.8 Å². The molecule has 0 aromatic carbocycles. The van der Waals surface area contributed by atoms with Crippen LogP contribution in [0.4, 0.5) is 0 Å². The standard InChI is InChI=1S/C10H14N2O5S2/c1-6(2)12(4-8(11)13)19(16,17)9-3-7(5-18-9)10(14)15/h3,5-6H,4H2,1-2H3,(H2,11,13)(H,14,15). The minimum absolute atomic E-state index is 0.105. The van der Waals surface area contributed by atoms with Crippen molar-refractivity contribution in [3.8, 4) is 0 Å². The molecule has 19 heavy (non-hydrogen) atoms. The molecule has 1 rings (SSSR count). The van der Waals surface area contributed by atoms with E-state index in [-0.39, 0.29) is 9.77 Å². The van der Waals surface area contributed by atoms with E-state index in [2.05, 4.69) is 0 Å². The van der Waals surface area contributed by atoms with Crippen molar-refractivity contribution in [1.82, 2.24) is 4.31 Å². The van der Waals surface area contributed by atoms with Crippen molar-refractivity contribution in [1.29, 1.82) is 0 Å². The van der Waals surface area contributed by atoms with E-state index < -0.39 is 34.5 Å². The maximum absolute atomic E-state index is 12.3. The molecule has 0 aliphatic carbocycles.